The van der Waals surface area contributed by atoms with E-state index < -0.39 is 8.32 Å². The molecule has 1 fully saturated rings. The first-order valence-corrected chi connectivity index (χ1v) is 17.2. The van der Waals surface area contributed by atoms with Gasteiger partial charge >= 0.3 is 5.97 Å². The third kappa shape index (κ3) is 7.10. The summed E-state index contributed by atoms with van der Waals surface area (Å²) in [5.41, 5.74) is -0.220. The van der Waals surface area contributed by atoms with Crippen molar-refractivity contribution in [3.8, 4) is 11.8 Å². The van der Waals surface area contributed by atoms with Crippen molar-refractivity contribution in [3.63, 3.8) is 0 Å². The van der Waals surface area contributed by atoms with Crippen molar-refractivity contribution in [3.05, 3.63) is 60.7 Å². The van der Waals surface area contributed by atoms with Crippen molar-refractivity contribution in [2.24, 2.45) is 16.7 Å². The van der Waals surface area contributed by atoms with E-state index in [0.29, 0.717) is 12.5 Å². The van der Waals surface area contributed by atoms with Crippen LogP contribution < -0.4 is 10.4 Å². The lowest BCUT2D eigenvalue weighted by molar-refractivity contribution is -0.144. The van der Waals surface area contributed by atoms with Crippen LogP contribution in [0.25, 0.3) is 0 Å². The zero-order chi connectivity index (χ0) is 29.4. The standard InChI is InChI=1S/C36H52O3Si/c1-9-10-11-14-19-31(39-29(2)37)25-27-36(8)26-24-30(35(36,6)7)28-38-40(34(3,4)5,32-20-15-12-16-21-32)33-22-17-13-18-23-33/h12-13,15-18,20-23,30-31H,9-11,14,19,24,26,28H2,1-8H3/t30-,31+,36+/m1/s1. The maximum absolute atomic E-state index is 11.8. The van der Waals surface area contributed by atoms with Crippen LogP contribution in [0.15, 0.2) is 60.7 Å². The van der Waals surface area contributed by atoms with Crippen molar-refractivity contribution in [2.75, 3.05) is 6.61 Å². The summed E-state index contributed by atoms with van der Waals surface area (Å²) < 4.78 is 13.0. The Morgan fingerprint density at radius 3 is 2.05 bits per heavy atom. The second kappa shape index (κ2) is 13.5. The first-order valence-electron chi connectivity index (χ1n) is 15.3. The lowest BCUT2D eigenvalue weighted by Crippen LogP contribution is -2.67. The summed E-state index contributed by atoms with van der Waals surface area (Å²) in [6.07, 6.45) is 7.16. The fraction of sp³-hybridized carbons (Fsp3) is 0.583. The number of carbonyl (C=O) groups excluding carboxylic acids is 1. The molecular weight excluding hydrogens is 508 g/mol. The van der Waals surface area contributed by atoms with Gasteiger partial charge in [0.1, 0.15) is 0 Å². The Hall–Kier alpha value is -2.35. The second-order valence-electron chi connectivity index (χ2n) is 13.5. The highest BCUT2D eigenvalue weighted by Crippen LogP contribution is 2.56. The van der Waals surface area contributed by atoms with E-state index in [4.69, 9.17) is 9.16 Å². The average molecular weight is 561 g/mol. The molecule has 1 saturated carbocycles. The number of rotatable bonds is 11. The van der Waals surface area contributed by atoms with Gasteiger partial charge in [-0.1, -0.05) is 133 Å². The molecule has 0 amide bonds. The molecule has 0 N–H and O–H groups in total. The van der Waals surface area contributed by atoms with Gasteiger partial charge in [0.05, 0.1) is 0 Å². The SMILES string of the molecule is CCCCCC[C@@H](C#C[C@]1(C)CC[C@H](CO[Si](c2ccccc2)(c2ccccc2)C(C)(C)C)C1(C)C)OC(C)=O. The van der Waals surface area contributed by atoms with Crippen LogP contribution in [-0.4, -0.2) is 27.0 Å². The number of hydrogen-bond donors (Lipinski definition) is 0. The summed E-state index contributed by atoms with van der Waals surface area (Å²) in [6.45, 7) is 18.4. The maximum atomic E-state index is 11.8. The lowest BCUT2D eigenvalue weighted by Gasteiger charge is -2.45. The zero-order valence-corrected chi connectivity index (χ0v) is 27.3. The Bertz CT molecular complexity index is 1100. The molecule has 4 heteroatoms. The zero-order valence-electron chi connectivity index (χ0n) is 26.3. The van der Waals surface area contributed by atoms with Crippen molar-refractivity contribution in [2.45, 2.75) is 111 Å². The van der Waals surface area contributed by atoms with Crippen LogP contribution in [0.5, 0.6) is 0 Å². The molecule has 2 aromatic rings. The molecule has 0 unspecified atom stereocenters. The van der Waals surface area contributed by atoms with E-state index >= 15 is 0 Å². The van der Waals surface area contributed by atoms with Gasteiger partial charge in [-0.15, -0.1) is 0 Å². The van der Waals surface area contributed by atoms with Crippen LogP contribution in [0.1, 0.15) is 100 Å². The van der Waals surface area contributed by atoms with E-state index in [1.807, 2.05) is 0 Å². The number of carbonyl (C=O) groups is 1. The minimum Gasteiger partial charge on any atom is -0.449 e. The van der Waals surface area contributed by atoms with E-state index in [2.05, 4.69) is 121 Å². The molecule has 0 aliphatic heterocycles. The Morgan fingerprint density at radius 1 is 0.975 bits per heavy atom. The van der Waals surface area contributed by atoms with Crippen LogP contribution in [0.2, 0.25) is 5.04 Å². The summed E-state index contributed by atoms with van der Waals surface area (Å²) in [5, 5.41) is 2.59. The Kier molecular flexibility index (Phi) is 10.9. The third-order valence-electron chi connectivity index (χ3n) is 9.49. The Balaban J connectivity index is 1.87. The van der Waals surface area contributed by atoms with Gasteiger partial charge in [-0.2, -0.15) is 0 Å². The van der Waals surface area contributed by atoms with E-state index in [9.17, 15) is 4.79 Å². The number of hydrogen-bond acceptors (Lipinski definition) is 3. The number of benzene rings is 2. The van der Waals surface area contributed by atoms with E-state index in [0.717, 1.165) is 32.1 Å². The molecule has 3 atom stereocenters. The fourth-order valence-electron chi connectivity index (χ4n) is 6.46. The van der Waals surface area contributed by atoms with Crippen molar-refractivity contribution in [1.82, 2.24) is 0 Å². The summed E-state index contributed by atoms with van der Waals surface area (Å²) in [6, 6.07) is 21.8. The molecule has 1 aliphatic carbocycles. The summed E-state index contributed by atoms with van der Waals surface area (Å²) in [4.78, 5) is 11.8. The van der Waals surface area contributed by atoms with Gasteiger partial charge in [-0.25, -0.2) is 0 Å². The van der Waals surface area contributed by atoms with Crippen LogP contribution in [0.4, 0.5) is 0 Å². The molecular formula is C36H52O3Si. The van der Waals surface area contributed by atoms with Gasteiger partial charge in [0.2, 0.25) is 0 Å². The highest BCUT2D eigenvalue weighted by Gasteiger charge is 2.54. The maximum Gasteiger partial charge on any atom is 0.303 e. The average Bonchev–Trinajstić information content (AvgIpc) is 3.13. The van der Waals surface area contributed by atoms with E-state index in [1.165, 1.54) is 30.1 Å². The highest BCUT2D eigenvalue weighted by atomic mass is 28.4. The molecule has 2 aromatic carbocycles. The smallest absolute Gasteiger partial charge is 0.303 e. The topological polar surface area (TPSA) is 35.5 Å². The van der Waals surface area contributed by atoms with Crippen molar-refractivity contribution < 1.29 is 14.0 Å². The Morgan fingerprint density at radius 2 is 1.55 bits per heavy atom. The van der Waals surface area contributed by atoms with Crippen LogP contribution in [-0.2, 0) is 14.0 Å². The molecule has 3 nitrogen and oxygen atoms in total. The first kappa shape index (κ1) is 32.2. The van der Waals surface area contributed by atoms with Crippen molar-refractivity contribution >= 4 is 24.7 Å². The monoisotopic (exact) mass is 560 g/mol. The van der Waals surface area contributed by atoms with Crippen LogP contribution in [0.3, 0.4) is 0 Å². The number of ether oxygens (including phenoxy) is 1. The summed E-state index contributed by atoms with van der Waals surface area (Å²) in [7, 11) is -2.60. The molecule has 1 aliphatic rings. The van der Waals surface area contributed by atoms with Crippen LogP contribution in [0, 0.1) is 28.6 Å². The minimum atomic E-state index is -2.60. The predicted molar refractivity (Wildman–Crippen MR) is 170 cm³/mol. The third-order valence-corrected chi connectivity index (χ3v) is 14.5. The van der Waals surface area contributed by atoms with Gasteiger partial charge in [-0.05, 0) is 59.4 Å². The van der Waals surface area contributed by atoms with Gasteiger partial charge < -0.3 is 9.16 Å². The molecule has 3 rings (SSSR count). The molecule has 0 heterocycles. The minimum absolute atomic E-state index is 0.0451. The van der Waals surface area contributed by atoms with Crippen LogP contribution >= 0.6 is 0 Å². The molecule has 0 radical (unpaired) electrons. The van der Waals surface area contributed by atoms with Crippen molar-refractivity contribution in [1.29, 1.82) is 0 Å². The molecule has 40 heavy (non-hydrogen) atoms. The quantitative estimate of drug-likeness (QED) is 0.121. The predicted octanol–water partition coefficient (Wildman–Crippen LogP) is 7.91. The van der Waals surface area contributed by atoms with E-state index in [1.54, 1.807) is 0 Å². The number of unbranched alkanes of at least 4 members (excludes halogenated alkanes) is 3. The normalized spacial score (nSPS) is 21.4. The van der Waals surface area contributed by atoms with Gasteiger partial charge in [0.15, 0.2) is 6.10 Å². The Labute approximate surface area is 245 Å². The summed E-state index contributed by atoms with van der Waals surface area (Å²) >= 11 is 0. The van der Waals surface area contributed by atoms with Gasteiger partial charge in [-0.3, -0.25) is 4.79 Å². The summed E-state index contributed by atoms with van der Waals surface area (Å²) in [5.74, 6) is 7.19. The lowest BCUT2D eigenvalue weighted by atomic mass is 9.66. The molecule has 218 valence electrons. The van der Waals surface area contributed by atoms with Gasteiger partial charge in [0.25, 0.3) is 8.32 Å². The molecule has 0 spiro atoms. The van der Waals surface area contributed by atoms with Gasteiger partial charge in [0, 0.05) is 18.9 Å². The molecule has 0 saturated heterocycles. The number of esters is 1. The highest BCUT2D eigenvalue weighted by molar-refractivity contribution is 6.99. The first-order chi connectivity index (χ1) is 18.9. The largest absolute Gasteiger partial charge is 0.449 e. The molecule has 0 aromatic heterocycles. The van der Waals surface area contributed by atoms with E-state index in [-0.39, 0.29) is 27.9 Å². The second-order valence-corrected chi connectivity index (χ2v) is 17.8. The molecule has 0 bridgehead atoms. The fourth-order valence-corrected chi connectivity index (χ4v) is 11.1.